The normalized spacial score (nSPS) is 23.3. The van der Waals surface area contributed by atoms with E-state index in [0.717, 1.165) is 18.4 Å². The molecule has 1 aromatic heterocycles. The fourth-order valence-corrected chi connectivity index (χ4v) is 2.04. The van der Waals surface area contributed by atoms with E-state index in [1.54, 1.807) is 6.20 Å². The second kappa shape index (κ2) is 5.67. The molecule has 0 saturated carbocycles. The lowest BCUT2D eigenvalue weighted by Gasteiger charge is -2.26. The first-order valence-corrected chi connectivity index (χ1v) is 6.75. The molecule has 1 saturated heterocycles. The number of pyridine rings is 1. The van der Waals surface area contributed by atoms with Crippen LogP contribution in [0.4, 0.5) is 0 Å². The first-order valence-electron chi connectivity index (χ1n) is 6.75. The van der Waals surface area contributed by atoms with Crippen molar-refractivity contribution in [1.29, 1.82) is 0 Å². The molecule has 0 aromatic carbocycles. The third-order valence-corrected chi connectivity index (χ3v) is 3.65. The summed E-state index contributed by atoms with van der Waals surface area (Å²) in [7, 11) is 0. The molecule has 3 N–H and O–H groups in total. The molecule has 19 heavy (non-hydrogen) atoms. The van der Waals surface area contributed by atoms with Crippen molar-refractivity contribution in [2.45, 2.75) is 51.2 Å². The van der Waals surface area contributed by atoms with E-state index in [4.69, 9.17) is 0 Å². The van der Waals surface area contributed by atoms with E-state index in [1.165, 1.54) is 0 Å². The van der Waals surface area contributed by atoms with Gasteiger partial charge >= 0.3 is 0 Å². The lowest BCUT2D eigenvalue weighted by molar-refractivity contribution is -0.124. The monoisotopic (exact) mass is 262 g/mol. The van der Waals surface area contributed by atoms with Gasteiger partial charge in [0.25, 0.3) is 0 Å². The summed E-state index contributed by atoms with van der Waals surface area (Å²) in [5.41, 5.74) is 7.15. The molecule has 104 valence electrons. The van der Waals surface area contributed by atoms with Crippen molar-refractivity contribution in [2.24, 2.45) is 0 Å². The minimum absolute atomic E-state index is 0.0470. The summed E-state index contributed by atoms with van der Waals surface area (Å²) in [6.45, 7) is 6.14. The van der Waals surface area contributed by atoms with Gasteiger partial charge in [-0.05, 0) is 38.3 Å². The van der Waals surface area contributed by atoms with Crippen LogP contribution < -0.4 is 16.2 Å². The van der Waals surface area contributed by atoms with E-state index in [9.17, 15) is 4.79 Å². The number of amides is 1. The summed E-state index contributed by atoms with van der Waals surface area (Å²) in [6, 6.07) is 3.86. The van der Waals surface area contributed by atoms with Crippen LogP contribution in [0.5, 0.6) is 0 Å². The molecule has 0 bridgehead atoms. The van der Waals surface area contributed by atoms with Crippen molar-refractivity contribution in [3.05, 3.63) is 30.1 Å². The molecular weight excluding hydrogens is 240 g/mol. The van der Waals surface area contributed by atoms with Gasteiger partial charge in [-0.15, -0.1) is 0 Å². The van der Waals surface area contributed by atoms with Crippen molar-refractivity contribution in [1.82, 2.24) is 21.2 Å². The SMILES string of the molecule is CCC(C)(C)NC(=O)C1CC(c2cccnc2)NN1. The average molecular weight is 262 g/mol. The predicted octanol–water partition coefficient (Wildman–Crippen LogP) is 1.29. The minimum atomic E-state index is -0.198. The zero-order valence-electron chi connectivity index (χ0n) is 11.7. The predicted molar refractivity (Wildman–Crippen MR) is 74.2 cm³/mol. The van der Waals surface area contributed by atoms with Gasteiger partial charge in [0.2, 0.25) is 5.91 Å². The van der Waals surface area contributed by atoms with Crippen molar-refractivity contribution < 1.29 is 4.79 Å². The molecule has 1 aliphatic rings. The number of aromatic nitrogens is 1. The molecule has 0 aliphatic carbocycles. The van der Waals surface area contributed by atoms with Crippen molar-refractivity contribution in [3.8, 4) is 0 Å². The zero-order valence-corrected chi connectivity index (χ0v) is 11.7. The molecule has 1 amide bonds. The Morgan fingerprint density at radius 3 is 2.95 bits per heavy atom. The molecule has 5 heteroatoms. The third-order valence-electron chi connectivity index (χ3n) is 3.65. The lowest BCUT2D eigenvalue weighted by atomic mass is 9.99. The molecule has 5 nitrogen and oxygen atoms in total. The van der Waals surface area contributed by atoms with E-state index in [2.05, 4.69) is 28.1 Å². The molecule has 0 radical (unpaired) electrons. The Labute approximate surface area is 114 Å². The van der Waals surface area contributed by atoms with Crippen molar-refractivity contribution >= 4 is 5.91 Å². The number of hydrazine groups is 1. The molecule has 0 spiro atoms. The molecule has 2 rings (SSSR count). The van der Waals surface area contributed by atoms with Gasteiger partial charge in [0.15, 0.2) is 0 Å². The highest BCUT2D eigenvalue weighted by Gasteiger charge is 2.32. The maximum absolute atomic E-state index is 12.2. The minimum Gasteiger partial charge on any atom is -0.350 e. The smallest absolute Gasteiger partial charge is 0.238 e. The number of nitrogens with one attached hydrogen (secondary N) is 3. The first-order chi connectivity index (χ1) is 9.02. The summed E-state index contributed by atoms with van der Waals surface area (Å²) >= 11 is 0. The fraction of sp³-hybridized carbons (Fsp3) is 0.571. The maximum Gasteiger partial charge on any atom is 0.238 e. The molecule has 1 aromatic rings. The van der Waals surface area contributed by atoms with E-state index in [-0.39, 0.29) is 23.5 Å². The highest BCUT2D eigenvalue weighted by atomic mass is 16.2. The quantitative estimate of drug-likeness (QED) is 0.765. The molecule has 1 fully saturated rings. The van der Waals surface area contributed by atoms with Crippen LogP contribution in [-0.2, 0) is 4.79 Å². The fourth-order valence-electron chi connectivity index (χ4n) is 2.04. The van der Waals surface area contributed by atoms with Gasteiger partial charge in [-0.1, -0.05) is 13.0 Å². The van der Waals surface area contributed by atoms with Crippen LogP contribution in [-0.4, -0.2) is 22.5 Å². The summed E-state index contributed by atoms with van der Waals surface area (Å²) < 4.78 is 0. The zero-order chi connectivity index (χ0) is 13.9. The second-order valence-corrected chi connectivity index (χ2v) is 5.64. The number of rotatable bonds is 4. The third kappa shape index (κ3) is 3.52. The standard InChI is InChI=1S/C14H22N4O/c1-4-14(2,3)16-13(19)12-8-11(17-18-12)10-6-5-7-15-9-10/h5-7,9,11-12,17-18H,4,8H2,1-3H3,(H,16,19). The Morgan fingerprint density at radius 2 is 2.32 bits per heavy atom. The van der Waals surface area contributed by atoms with Gasteiger partial charge < -0.3 is 5.32 Å². The Bertz CT molecular complexity index is 432. The summed E-state index contributed by atoms with van der Waals surface area (Å²) in [6.07, 6.45) is 5.22. The second-order valence-electron chi connectivity index (χ2n) is 5.64. The van der Waals surface area contributed by atoms with Gasteiger partial charge in [-0.2, -0.15) is 0 Å². The van der Waals surface area contributed by atoms with Crippen LogP contribution in [0.2, 0.25) is 0 Å². The largest absolute Gasteiger partial charge is 0.350 e. The van der Waals surface area contributed by atoms with Crippen LogP contribution in [0.3, 0.4) is 0 Å². The highest BCUT2D eigenvalue weighted by molar-refractivity contribution is 5.82. The number of carbonyl (C=O) groups excluding carboxylic acids is 1. The highest BCUT2D eigenvalue weighted by Crippen LogP contribution is 2.21. The number of hydrogen-bond acceptors (Lipinski definition) is 4. The van der Waals surface area contributed by atoms with Crippen molar-refractivity contribution in [3.63, 3.8) is 0 Å². The van der Waals surface area contributed by atoms with Gasteiger partial charge in [-0.25, -0.2) is 10.9 Å². The number of carbonyl (C=O) groups is 1. The Hall–Kier alpha value is -1.46. The summed E-state index contributed by atoms with van der Waals surface area (Å²) in [4.78, 5) is 16.3. The Balaban J connectivity index is 1.93. The van der Waals surface area contributed by atoms with Crippen LogP contribution in [0, 0.1) is 0 Å². The van der Waals surface area contributed by atoms with Crippen LogP contribution in [0.25, 0.3) is 0 Å². The molecule has 1 aliphatic heterocycles. The topological polar surface area (TPSA) is 66.0 Å². The van der Waals surface area contributed by atoms with Crippen molar-refractivity contribution in [2.75, 3.05) is 0 Å². The van der Waals surface area contributed by atoms with E-state index < -0.39 is 0 Å². The van der Waals surface area contributed by atoms with Crippen LogP contribution in [0.1, 0.15) is 45.2 Å². The Kier molecular flexibility index (Phi) is 4.17. The lowest BCUT2D eigenvalue weighted by Crippen LogP contribution is -2.51. The Morgan fingerprint density at radius 1 is 1.53 bits per heavy atom. The van der Waals surface area contributed by atoms with E-state index in [1.807, 2.05) is 32.2 Å². The summed E-state index contributed by atoms with van der Waals surface area (Å²) in [5, 5.41) is 3.06. The van der Waals surface area contributed by atoms with Gasteiger partial charge in [0, 0.05) is 24.0 Å². The summed E-state index contributed by atoms with van der Waals surface area (Å²) in [5.74, 6) is 0.0470. The van der Waals surface area contributed by atoms with E-state index >= 15 is 0 Å². The van der Waals surface area contributed by atoms with Crippen LogP contribution >= 0.6 is 0 Å². The maximum atomic E-state index is 12.2. The van der Waals surface area contributed by atoms with E-state index in [0.29, 0.717) is 0 Å². The molecule has 2 atom stereocenters. The van der Waals surface area contributed by atoms with Gasteiger partial charge in [-0.3, -0.25) is 9.78 Å². The molecule has 2 unspecified atom stereocenters. The van der Waals surface area contributed by atoms with Gasteiger partial charge in [0.1, 0.15) is 6.04 Å². The number of hydrogen-bond donors (Lipinski definition) is 3. The van der Waals surface area contributed by atoms with Gasteiger partial charge in [0.05, 0.1) is 0 Å². The molecule has 2 heterocycles. The van der Waals surface area contributed by atoms with Crippen LogP contribution in [0.15, 0.2) is 24.5 Å². The molecular formula is C14H22N4O. The first kappa shape index (κ1) is 14.0. The number of nitrogens with zero attached hydrogens (tertiary/aromatic N) is 1. The average Bonchev–Trinajstić information content (AvgIpc) is 2.89.